The molecule has 10 heteroatoms. The number of aryl methyl sites for hydroxylation is 1. The van der Waals surface area contributed by atoms with Gasteiger partial charge in [0.05, 0.1) is 6.54 Å². The number of fused-ring (bicyclic) bond motifs is 1. The molecule has 0 amide bonds. The molecule has 0 saturated carbocycles. The van der Waals surface area contributed by atoms with Gasteiger partial charge < -0.3 is 15.2 Å². The molecule has 0 aliphatic carbocycles. The normalized spacial score (nSPS) is 15.1. The molecule has 112 valence electrons. The van der Waals surface area contributed by atoms with Gasteiger partial charge in [0, 0.05) is 19.2 Å². The standard InChI is InChI=1S/C11H12F3N7/c1-6-16-7(15)4-8(17-6)20-2-3-21-9(5-20)18-19-10(21)11(12,13)14/h4H,2-3,5H2,1H3,(H2,15,16,17). The minimum atomic E-state index is -4.50. The van der Waals surface area contributed by atoms with E-state index in [4.69, 9.17) is 5.73 Å². The Kier molecular flexibility index (Phi) is 2.96. The van der Waals surface area contributed by atoms with E-state index >= 15 is 0 Å². The Hall–Kier alpha value is -2.39. The number of nitrogens with two attached hydrogens (primary N) is 1. The van der Waals surface area contributed by atoms with Gasteiger partial charge in [-0.3, -0.25) is 0 Å². The predicted molar refractivity (Wildman–Crippen MR) is 67.3 cm³/mol. The van der Waals surface area contributed by atoms with Crippen LogP contribution in [0.15, 0.2) is 6.07 Å². The molecule has 1 aliphatic heterocycles. The molecular weight excluding hydrogens is 287 g/mol. The van der Waals surface area contributed by atoms with Crippen LogP contribution >= 0.6 is 0 Å². The molecule has 2 aromatic rings. The molecule has 0 saturated heterocycles. The quantitative estimate of drug-likeness (QED) is 0.845. The van der Waals surface area contributed by atoms with Gasteiger partial charge in [0.1, 0.15) is 17.5 Å². The first kappa shape index (κ1) is 13.6. The Morgan fingerprint density at radius 3 is 2.62 bits per heavy atom. The summed E-state index contributed by atoms with van der Waals surface area (Å²) in [6.45, 7) is 2.40. The lowest BCUT2D eigenvalue weighted by Crippen LogP contribution is -2.36. The van der Waals surface area contributed by atoms with Crippen LogP contribution in [0.25, 0.3) is 0 Å². The number of hydrogen-bond acceptors (Lipinski definition) is 6. The number of nitrogens with zero attached hydrogens (tertiary/aromatic N) is 6. The highest BCUT2D eigenvalue weighted by Gasteiger charge is 2.39. The van der Waals surface area contributed by atoms with E-state index in [1.807, 2.05) is 0 Å². The van der Waals surface area contributed by atoms with Gasteiger partial charge in [-0.05, 0) is 6.92 Å². The molecule has 3 heterocycles. The summed E-state index contributed by atoms with van der Waals surface area (Å²) in [5, 5.41) is 6.86. The van der Waals surface area contributed by atoms with Crippen molar-refractivity contribution < 1.29 is 13.2 Å². The van der Waals surface area contributed by atoms with Crippen LogP contribution in [-0.2, 0) is 19.3 Å². The summed E-state index contributed by atoms with van der Waals surface area (Å²) >= 11 is 0. The van der Waals surface area contributed by atoms with E-state index in [0.717, 1.165) is 4.57 Å². The number of rotatable bonds is 1. The summed E-state index contributed by atoms with van der Waals surface area (Å²) in [4.78, 5) is 10.0. The van der Waals surface area contributed by atoms with Crippen molar-refractivity contribution in [3.05, 3.63) is 23.5 Å². The van der Waals surface area contributed by atoms with Crippen molar-refractivity contribution in [2.75, 3.05) is 17.2 Å². The molecule has 0 atom stereocenters. The third kappa shape index (κ3) is 2.48. The molecule has 0 aromatic carbocycles. The van der Waals surface area contributed by atoms with E-state index in [2.05, 4.69) is 20.2 Å². The molecule has 0 bridgehead atoms. The number of nitrogen functional groups attached to an aromatic ring is 1. The summed E-state index contributed by atoms with van der Waals surface area (Å²) in [6.07, 6.45) is -4.50. The zero-order valence-corrected chi connectivity index (χ0v) is 11.1. The monoisotopic (exact) mass is 299 g/mol. The van der Waals surface area contributed by atoms with E-state index in [1.165, 1.54) is 0 Å². The van der Waals surface area contributed by atoms with Gasteiger partial charge in [-0.1, -0.05) is 0 Å². The summed E-state index contributed by atoms with van der Waals surface area (Å²) in [5.41, 5.74) is 5.66. The highest BCUT2D eigenvalue weighted by Crippen LogP contribution is 2.30. The zero-order valence-electron chi connectivity index (χ0n) is 11.1. The minimum absolute atomic E-state index is 0.139. The van der Waals surface area contributed by atoms with Gasteiger partial charge >= 0.3 is 6.18 Å². The summed E-state index contributed by atoms with van der Waals surface area (Å²) < 4.78 is 39.4. The maximum atomic E-state index is 12.8. The largest absolute Gasteiger partial charge is 0.451 e. The lowest BCUT2D eigenvalue weighted by atomic mass is 10.3. The molecule has 1 aliphatic rings. The van der Waals surface area contributed by atoms with Crippen molar-refractivity contribution in [1.82, 2.24) is 24.7 Å². The average Bonchev–Trinajstić information content (AvgIpc) is 2.80. The van der Waals surface area contributed by atoms with Crippen LogP contribution in [0.5, 0.6) is 0 Å². The Bertz CT molecular complexity index is 659. The molecule has 0 unspecified atom stereocenters. The number of halogens is 3. The maximum Gasteiger partial charge on any atom is 0.451 e. The van der Waals surface area contributed by atoms with E-state index in [0.29, 0.717) is 24.0 Å². The van der Waals surface area contributed by atoms with Gasteiger partial charge in [-0.25, -0.2) is 9.97 Å². The SMILES string of the molecule is Cc1nc(N)cc(N2CCn3c(nnc3C(F)(F)F)C2)n1. The predicted octanol–water partition coefficient (Wildman–Crippen LogP) is 0.998. The fraction of sp³-hybridized carbons (Fsp3) is 0.455. The first-order valence-electron chi connectivity index (χ1n) is 6.20. The van der Waals surface area contributed by atoms with Crippen molar-refractivity contribution in [3.8, 4) is 0 Å². The van der Waals surface area contributed by atoms with Crippen LogP contribution in [0.4, 0.5) is 24.8 Å². The van der Waals surface area contributed by atoms with Gasteiger partial charge in [-0.2, -0.15) is 13.2 Å². The number of aromatic nitrogens is 5. The van der Waals surface area contributed by atoms with Crippen LogP contribution in [0.1, 0.15) is 17.5 Å². The van der Waals surface area contributed by atoms with Crippen LogP contribution in [0, 0.1) is 6.92 Å². The molecule has 3 rings (SSSR count). The highest BCUT2D eigenvalue weighted by molar-refractivity contribution is 5.47. The van der Waals surface area contributed by atoms with Crippen molar-refractivity contribution in [2.24, 2.45) is 0 Å². The van der Waals surface area contributed by atoms with E-state index in [9.17, 15) is 13.2 Å². The smallest absolute Gasteiger partial charge is 0.384 e. The van der Waals surface area contributed by atoms with Crippen LogP contribution < -0.4 is 10.6 Å². The second kappa shape index (κ2) is 4.57. The van der Waals surface area contributed by atoms with Crippen molar-refractivity contribution in [3.63, 3.8) is 0 Å². The van der Waals surface area contributed by atoms with Crippen LogP contribution in [0.2, 0.25) is 0 Å². The minimum Gasteiger partial charge on any atom is -0.384 e. The summed E-state index contributed by atoms with van der Waals surface area (Å²) in [5.74, 6) is 0.690. The van der Waals surface area contributed by atoms with Gasteiger partial charge in [0.15, 0.2) is 5.82 Å². The molecule has 0 radical (unpaired) electrons. The summed E-state index contributed by atoms with van der Waals surface area (Å²) in [6, 6.07) is 1.59. The van der Waals surface area contributed by atoms with Gasteiger partial charge in [-0.15, -0.1) is 10.2 Å². The first-order valence-corrected chi connectivity index (χ1v) is 6.20. The Balaban J connectivity index is 1.90. The Labute approximate surface area is 117 Å². The molecule has 0 fully saturated rings. The van der Waals surface area contributed by atoms with E-state index < -0.39 is 12.0 Å². The maximum absolute atomic E-state index is 12.8. The fourth-order valence-electron chi connectivity index (χ4n) is 2.30. The number of hydrogen-bond donors (Lipinski definition) is 1. The van der Waals surface area contributed by atoms with Crippen LogP contribution in [-0.4, -0.2) is 31.3 Å². The second-order valence-electron chi connectivity index (χ2n) is 4.71. The fourth-order valence-corrected chi connectivity index (χ4v) is 2.30. The molecule has 0 spiro atoms. The molecular formula is C11H12F3N7. The lowest BCUT2D eigenvalue weighted by molar-refractivity contribution is -0.147. The number of anilines is 2. The average molecular weight is 299 g/mol. The van der Waals surface area contributed by atoms with Gasteiger partial charge in [0.25, 0.3) is 0 Å². The topological polar surface area (TPSA) is 85.8 Å². The van der Waals surface area contributed by atoms with Crippen molar-refractivity contribution >= 4 is 11.6 Å². The third-order valence-electron chi connectivity index (χ3n) is 3.17. The van der Waals surface area contributed by atoms with Crippen molar-refractivity contribution in [2.45, 2.75) is 26.2 Å². The van der Waals surface area contributed by atoms with Crippen molar-refractivity contribution in [1.29, 1.82) is 0 Å². The van der Waals surface area contributed by atoms with E-state index in [1.54, 1.807) is 17.9 Å². The zero-order chi connectivity index (χ0) is 15.2. The molecule has 7 nitrogen and oxygen atoms in total. The highest BCUT2D eigenvalue weighted by atomic mass is 19.4. The lowest BCUT2D eigenvalue weighted by Gasteiger charge is -2.29. The summed E-state index contributed by atoms with van der Waals surface area (Å²) in [7, 11) is 0. The first-order chi connectivity index (χ1) is 9.84. The third-order valence-corrected chi connectivity index (χ3v) is 3.17. The van der Waals surface area contributed by atoms with E-state index in [-0.39, 0.29) is 18.9 Å². The molecule has 2 aromatic heterocycles. The van der Waals surface area contributed by atoms with Gasteiger partial charge in [0.2, 0.25) is 5.82 Å². The number of alkyl halides is 3. The molecule has 2 N–H and O–H groups in total. The Morgan fingerprint density at radius 2 is 1.95 bits per heavy atom. The molecule has 21 heavy (non-hydrogen) atoms. The van der Waals surface area contributed by atoms with Crippen LogP contribution in [0.3, 0.4) is 0 Å². The second-order valence-corrected chi connectivity index (χ2v) is 4.71. The Morgan fingerprint density at radius 1 is 1.19 bits per heavy atom.